The fourth-order valence-electron chi connectivity index (χ4n) is 4.90. The zero-order valence-electron chi connectivity index (χ0n) is 17.0. The molecule has 0 radical (unpaired) electrons. The second-order valence-corrected chi connectivity index (χ2v) is 8.62. The van der Waals surface area contributed by atoms with E-state index >= 15 is 0 Å². The van der Waals surface area contributed by atoms with Gasteiger partial charge in [0, 0.05) is 26.2 Å². The highest BCUT2D eigenvalue weighted by Crippen LogP contribution is 2.39. The summed E-state index contributed by atoms with van der Waals surface area (Å²) in [5.41, 5.74) is 2.89. The van der Waals surface area contributed by atoms with E-state index in [1.54, 1.807) is 12.1 Å². The van der Waals surface area contributed by atoms with Crippen LogP contribution in [0.3, 0.4) is 0 Å². The molecule has 2 aromatic rings. The van der Waals surface area contributed by atoms with Gasteiger partial charge in [-0.05, 0) is 73.2 Å². The molecule has 0 amide bonds. The molecule has 1 atom stereocenters. The first-order valence-corrected chi connectivity index (χ1v) is 10.7. The first-order chi connectivity index (χ1) is 14.1. The molecule has 156 valence electrons. The molecule has 0 saturated carbocycles. The molecule has 2 aliphatic rings. The van der Waals surface area contributed by atoms with Gasteiger partial charge in [0.2, 0.25) is 0 Å². The molecular weight excluding hydrogens is 367 g/mol. The van der Waals surface area contributed by atoms with Crippen molar-refractivity contribution < 1.29 is 14.2 Å². The molecule has 0 bridgehead atoms. The monoisotopic (exact) mass is 398 g/mol. The quantitative estimate of drug-likeness (QED) is 0.772. The number of hydrogen-bond acceptors (Lipinski definition) is 4. The van der Waals surface area contributed by atoms with E-state index in [0.717, 1.165) is 45.0 Å². The topological polar surface area (TPSA) is 35.9 Å². The largest absolute Gasteiger partial charge is 0.491 e. The second kappa shape index (κ2) is 9.24. The molecule has 0 aliphatic carbocycles. The summed E-state index contributed by atoms with van der Waals surface area (Å²) in [5, 5.41) is 8.85. The van der Waals surface area contributed by atoms with Crippen molar-refractivity contribution >= 4 is 0 Å². The molecule has 29 heavy (non-hydrogen) atoms. The average Bonchev–Trinajstić information content (AvgIpc) is 3.10. The molecule has 2 aliphatic heterocycles. The van der Waals surface area contributed by atoms with Crippen LogP contribution in [0.1, 0.15) is 30.4 Å². The Bertz CT molecular complexity index is 780. The van der Waals surface area contributed by atoms with Gasteiger partial charge in [-0.1, -0.05) is 24.3 Å². The average molecular weight is 399 g/mol. The summed E-state index contributed by atoms with van der Waals surface area (Å²) >= 11 is 0. The Labute approximate surface area is 172 Å². The SMILES string of the molecule is OCCOc1ccc(CN2CCC3(CCCN(Cc4ccc(F)cc4)C3)C2)cc1. The van der Waals surface area contributed by atoms with Crippen molar-refractivity contribution in [3.05, 3.63) is 65.5 Å². The highest BCUT2D eigenvalue weighted by molar-refractivity contribution is 5.27. The predicted octanol–water partition coefficient (Wildman–Crippen LogP) is 3.68. The van der Waals surface area contributed by atoms with Gasteiger partial charge in [-0.15, -0.1) is 0 Å². The van der Waals surface area contributed by atoms with Crippen LogP contribution in [0.5, 0.6) is 5.75 Å². The van der Waals surface area contributed by atoms with Crippen molar-refractivity contribution in [2.24, 2.45) is 5.41 Å². The number of halogens is 1. The van der Waals surface area contributed by atoms with Crippen LogP contribution in [0.15, 0.2) is 48.5 Å². The van der Waals surface area contributed by atoms with E-state index in [-0.39, 0.29) is 12.4 Å². The van der Waals surface area contributed by atoms with E-state index < -0.39 is 0 Å². The minimum absolute atomic E-state index is 0.0375. The Hall–Kier alpha value is -1.95. The van der Waals surface area contributed by atoms with Gasteiger partial charge in [-0.2, -0.15) is 0 Å². The highest BCUT2D eigenvalue weighted by atomic mass is 19.1. The van der Waals surface area contributed by atoms with E-state index in [2.05, 4.69) is 21.9 Å². The summed E-state index contributed by atoms with van der Waals surface area (Å²) in [5.74, 6) is 0.646. The third kappa shape index (κ3) is 5.35. The summed E-state index contributed by atoms with van der Waals surface area (Å²) < 4.78 is 18.6. The zero-order chi connectivity index (χ0) is 20.1. The molecule has 0 aromatic heterocycles. The number of ether oxygens (including phenoxy) is 1. The summed E-state index contributed by atoms with van der Waals surface area (Å²) in [6, 6.07) is 15.2. The number of hydrogen-bond donors (Lipinski definition) is 1. The van der Waals surface area contributed by atoms with E-state index in [9.17, 15) is 4.39 Å². The molecule has 1 spiro atoms. The number of likely N-dealkylation sites (tertiary alicyclic amines) is 2. The van der Waals surface area contributed by atoms with Crippen LogP contribution in [-0.2, 0) is 13.1 Å². The van der Waals surface area contributed by atoms with Crippen LogP contribution in [-0.4, -0.2) is 54.3 Å². The maximum atomic E-state index is 13.2. The Kier molecular flexibility index (Phi) is 6.48. The lowest BCUT2D eigenvalue weighted by atomic mass is 9.79. The fourth-order valence-corrected chi connectivity index (χ4v) is 4.90. The van der Waals surface area contributed by atoms with E-state index in [1.165, 1.54) is 30.4 Å². The summed E-state index contributed by atoms with van der Waals surface area (Å²) in [7, 11) is 0. The van der Waals surface area contributed by atoms with Crippen LogP contribution < -0.4 is 4.74 Å². The molecular formula is C24H31FN2O2. The molecule has 2 saturated heterocycles. The Balaban J connectivity index is 1.31. The Morgan fingerprint density at radius 2 is 1.48 bits per heavy atom. The third-order valence-electron chi connectivity index (χ3n) is 6.27. The molecule has 5 heteroatoms. The smallest absolute Gasteiger partial charge is 0.123 e. The summed E-state index contributed by atoms with van der Waals surface area (Å²) in [6.45, 7) is 6.82. The van der Waals surface area contributed by atoms with Crippen LogP contribution in [0.2, 0.25) is 0 Å². The van der Waals surface area contributed by atoms with Gasteiger partial charge in [0.15, 0.2) is 0 Å². The number of benzene rings is 2. The van der Waals surface area contributed by atoms with Crippen molar-refractivity contribution in [2.75, 3.05) is 39.4 Å². The number of rotatable bonds is 7. The zero-order valence-corrected chi connectivity index (χ0v) is 17.0. The lowest BCUT2D eigenvalue weighted by Gasteiger charge is -2.40. The van der Waals surface area contributed by atoms with Crippen molar-refractivity contribution in [1.29, 1.82) is 0 Å². The minimum atomic E-state index is -0.164. The van der Waals surface area contributed by atoms with E-state index in [1.807, 2.05) is 24.3 Å². The van der Waals surface area contributed by atoms with E-state index in [4.69, 9.17) is 9.84 Å². The Morgan fingerprint density at radius 1 is 0.862 bits per heavy atom. The third-order valence-corrected chi connectivity index (χ3v) is 6.27. The maximum absolute atomic E-state index is 13.2. The van der Waals surface area contributed by atoms with Crippen LogP contribution in [0.4, 0.5) is 4.39 Å². The highest BCUT2D eigenvalue weighted by Gasteiger charge is 2.41. The summed E-state index contributed by atoms with van der Waals surface area (Å²) in [4.78, 5) is 5.12. The van der Waals surface area contributed by atoms with Crippen molar-refractivity contribution in [3.8, 4) is 5.75 Å². The van der Waals surface area contributed by atoms with Crippen molar-refractivity contribution in [3.63, 3.8) is 0 Å². The van der Waals surface area contributed by atoms with Gasteiger partial charge in [0.05, 0.1) is 6.61 Å². The molecule has 4 nitrogen and oxygen atoms in total. The van der Waals surface area contributed by atoms with Gasteiger partial charge in [0.25, 0.3) is 0 Å². The lowest BCUT2D eigenvalue weighted by molar-refractivity contribution is 0.0866. The van der Waals surface area contributed by atoms with Crippen LogP contribution >= 0.6 is 0 Å². The molecule has 1 unspecified atom stereocenters. The van der Waals surface area contributed by atoms with Crippen LogP contribution in [0, 0.1) is 11.2 Å². The van der Waals surface area contributed by atoms with Gasteiger partial charge < -0.3 is 9.84 Å². The predicted molar refractivity (Wildman–Crippen MR) is 112 cm³/mol. The van der Waals surface area contributed by atoms with Crippen molar-refractivity contribution in [2.45, 2.75) is 32.4 Å². The summed E-state index contributed by atoms with van der Waals surface area (Å²) in [6.07, 6.45) is 3.80. The molecule has 4 rings (SSSR count). The molecule has 1 N–H and O–H groups in total. The van der Waals surface area contributed by atoms with Crippen LogP contribution in [0.25, 0.3) is 0 Å². The number of piperidine rings is 1. The van der Waals surface area contributed by atoms with Gasteiger partial charge in [0.1, 0.15) is 18.2 Å². The number of nitrogens with zero attached hydrogens (tertiary/aromatic N) is 2. The molecule has 2 fully saturated rings. The van der Waals surface area contributed by atoms with Gasteiger partial charge >= 0.3 is 0 Å². The van der Waals surface area contributed by atoms with E-state index in [0.29, 0.717) is 12.0 Å². The number of aliphatic hydroxyl groups excluding tert-OH is 1. The Morgan fingerprint density at radius 3 is 2.14 bits per heavy atom. The minimum Gasteiger partial charge on any atom is -0.491 e. The first-order valence-electron chi connectivity index (χ1n) is 10.7. The normalized spacial score (nSPS) is 23.0. The number of aliphatic hydroxyl groups is 1. The fraction of sp³-hybridized carbons (Fsp3) is 0.500. The standard InChI is InChI=1S/C24H31FN2O2/c25-22-6-2-20(3-7-22)16-26-12-1-10-24(18-26)11-13-27(19-24)17-21-4-8-23(9-5-21)29-15-14-28/h2-9,28H,1,10-19H2. The first kappa shape index (κ1) is 20.3. The second-order valence-electron chi connectivity index (χ2n) is 8.62. The van der Waals surface area contributed by atoms with Gasteiger partial charge in [-0.3, -0.25) is 9.80 Å². The maximum Gasteiger partial charge on any atom is 0.123 e. The molecule has 2 heterocycles. The van der Waals surface area contributed by atoms with Gasteiger partial charge in [-0.25, -0.2) is 4.39 Å². The van der Waals surface area contributed by atoms with Crippen molar-refractivity contribution in [1.82, 2.24) is 9.80 Å². The lowest BCUT2D eigenvalue weighted by Crippen LogP contribution is -2.44. The molecule has 2 aromatic carbocycles.